The van der Waals surface area contributed by atoms with Gasteiger partial charge in [0.05, 0.1) is 4.90 Å². The molecule has 13 heteroatoms. The highest BCUT2D eigenvalue weighted by molar-refractivity contribution is 7.91. The smallest absolute Gasteiger partial charge is 0.406 e. The Morgan fingerprint density at radius 3 is 2.53 bits per heavy atom. The van der Waals surface area contributed by atoms with Crippen LogP contribution in [0.5, 0.6) is 5.75 Å². The average molecular weight is 550 g/mol. The van der Waals surface area contributed by atoms with Crippen LogP contribution in [0.2, 0.25) is 0 Å². The predicted octanol–water partition coefficient (Wildman–Crippen LogP) is 4.68. The summed E-state index contributed by atoms with van der Waals surface area (Å²) in [6.07, 6.45) is -2.75. The van der Waals surface area contributed by atoms with Crippen molar-refractivity contribution in [1.29, 1.82) is 0 Å². The van der Waals surface area contributed by atoms with Gasteiger partial charge < -0.3 is 20.7 Å². The lowest BCUT2D eigenvalue weighted by Gasteiger charge is -2.33. The van der Waals surface area contributed by atoms with Crippen molar-refractivity contribution in [3.8, 4) is 5.75 Å². The molecule has 1 amide bonds. The molecule has 2 aromatic heterocycles. The van der Waals surface area contributed by atoms with Crippen LogP contribution < -0.4 is 20.7 Å². The van der Waals surface area contributed by atoms with E-state index in [0.29, 0.717) is 6.54 Å². The fourth-order valence-corrected chi connectivity index (χ4v) is 6.12. The van der Waals surface area contributed by atoms with E-state index in [4.69, 9.17) is 5.73 Å². The Kier molecular flexibility index (Phi) is 6.99. The second kappa shape index (κ2) is 9.78. The first-order chi connectivity index (χ1) is 17.7. The molecule has 9 nitrogen and oxygen atoms in total. The Hall–Kier alpha value is -3.87. The summed E-state index contributed by atoms with van der Waals surface area (Å²) in [4.78, 5) is 22.6. The van der Waals surface area contributed by atoms with E-state index in [2.05, 4.69) is 26.9 Å². The summed E-state index contributed by atoms with van der Waals surface area (Å²) in [5.41, 5.74) is 5.25. The molecule has 0 saturated carbocycles. The molecule has 1 aromatic carbocycles. The molecule has 0 spiro atoms. The van der Waals surface area contributed by atoms with E-state index < -0.39 is 27.9 Å². The molecule has 3 aromatic rings. The normalized spacial score (nSPS) is 17.3. The lowest BCUT2D eigenvalue weighted by atomic mass is 9.97. The maximum absolute atomic E-state index is 13.7. The SMILES string of the molecule is CC1CN(c2nccc(S(=O)(=O)c3cccc(Nc4cccc(OC(F)(F)F)c4)n3)c2C(N)=O)C(C)(C)C1. The number of benzene rings is 1. The molecule has 3 N–H and O–H groups in total. The maximum Gasteiger partial charge on any atom is 0.573 e. The van der Waals surface area contributed by atoms with Crippen molar-refractivity contribution in [1.82, 2.24) is 9.97 Å². The summed E-state index contributed by atoms with van der Waals surface area (Å²) in [7, 11) is -4.36. The van der Waals surface area contributed by atoms with Gasteiger partial charge in [-0.15, -0.1) is 13.2 Å². The number of aromatic nitrogens is 2. The van der Waals surface area contributed by atoms with Crippen molar-refractivity contribution in [2.75, 3.05) is 16.8 Å². The monoisotopic (exact) mass is 549 g/mol. The molecule has 0 radical (unpaired) electrons. The number of alkyl halides is 3. The summed E-state index contributed by atoms with van der Waals surface area (Å²) in [5.74, 6) is -0.890. The van der Waals surface area contributed by atoms with Gasteiger partial charge in [-0.1, -0.05) is 19.1 Å². The summed E-state index contributed by atoms with van der Waals surface area (Å²) < 4.78 is 69.0. The first-order valence-electron chi connectivity index (χ1n) is 11.6. The van der Waals surface area contributed by atoms with Gasteiger partial charge in [-0.3, -0.25) is 4.79 Å². The molecule has 1 fully saturated rings. The zero-order valence-corrected chi connectivity index (χ0v) is 21.6. The molecule has 1 aliphatic heterocycles. The van der Waals surface area contributed by atoms with E-state index in [1.165, 1.54) is 42.6 Å². The Balaban J connectivity index is 1.71. The number of ether oxygens (including phenoxy) is 1. The number of amides is 1. The molecule has 202 valence electrons. The number of anilines is 3. The molecule has 0 bridgehead atoms. The van der Waals surface area contributed by atoms with Gasteiger partial charge in [0, 0.05) is 30.0 Å². The maximum atomic E-state index is 13.7. The number of pyridine rings is 2. The molecule has 1 aliphatic rings. The lowest BCUT2D eigenvalue weighted by molar-refractivity contribution is -0.274. The average Bonchev–Trinajstić information content (AvgIpc) is 3.09. The van der Waals surface area contributed by atoms with Crippen molar-refractivity contribution in [3.63, 3.8) is 0 Å². The summed E-state index contributed by atoms with van der Waals surface area (Å²) in [6.45, 7) is 6.59. The van der Waals surface area contributed by atoms with Gasteiger partial charge >= 0.3 is 6.36 Å². The molecule has 3 heterocycles. The van der Waals surface area contributed by atoms with Crippen molar-refractivity contribution >= 4 is 33.1 Å². The third-order valence-electron chi connectivity index (χ3n) is 6.10. The Labute approximate surface area is 217 Å². The minimum absolute atomic E-state index is 0.0413. The van der Waals surface area contributed by atoms with E-state index in [1.54, 1.807) is 0 Å². The topological polar surface area (TPSA) is 128 Å². The van der Waals surface area contributed by atoms with E-state index in [9.17, 15) is 26.4 Å². The standard InChI is InChI=1S/C25H26F3N5O4S/c1-15-13-24(2,3)33(14-15)23-21(22(29)34)18(10-11-30-23)38(35,36)20-9-5-8-19(32-20)31-16-6-4-7-17(12-16)37-25(26,27)28/h4-12,15H,13-14H2,1-3H3,(H2,29,34)(H,31,32). The molecule has 4 rings (SSSR count). The quantitative estimate of drug-likeness (QED) is 0.435. The number of carbonyl (C=O) groups is 1. The number of nitrogens with two attached hydrogens (primary N) is 1. The minimum atomic E-state index is -4.87. The van der Waals surface area contributed by atoms with Crippen LogP contribution in [0.4, 0.5) is 30.5 Å². The van der Waals surface area contributed by atoms with Crippen LogP contribution in [-0.2, 0) is 9.84 Å². The minimum Gasteiger partial charge on any atom is -0.406 e. The Morgan fingerprint density at radius 2 is 1.89 bits per heavy atom. The van der Waals surface area contributed by atoms with E-state index >= 15 is 0 Å². The van der Waals surface area contributed by atoms with Gasteiger partial charge in [0.25, 0.3) is 5.91 Å². The van der Waals surface area contributed by atoms with Crippen LogP contribution in [0.25, 0.3) is 0 Å². The fraction of sp³-hybridized carbons (Fsp3) is 0.320. The Morgan fingerprint density at radius 1 is 1.18 bits per heavy atom. The van der Waals surface area contributed by atoms with Crippen LogP contribution >= 0.6 is 0 Å². The zero-order chi connectivity index (χ0) is 27.9. The third-order valence-corrected chi connectivity index (χ3v) is 7.79. The molecular weight excluding hydrogens is 523 g/mol. The number of rotatable bonds is 7. The van der Waals surface area contributed by atoms with Crippen LogP contribution in [0, 0.1) is 5.92 Å². The Bertz CT molecular complexity index is 1480. The number of hydrogen-bond donors (Lipinski definition) is 2. The largest absolute Gasteiger partial charge is 0.573 e. The number of carbonyl (C=O) groups excluding carboxylic acids is 1. The number of halogens is 3. The second-order valence-electron chi connectivity index (χ2n) is 9.67. The van der Waals surface area contributed by atoms with Crippen LogP contribution in [0.3, 0.4) is 0 Å². The molecule has 1 unspecified atom stereocenters. The van der Waals surface area contributed by atoms with Gasteiger partial charge in [0.1, 0.15) is 22.9 Å². The van der Waals surface area contributed by atoms with Gasteiger partial charge in [-0.2, -0.15) is 0 Å². The molecule has 38 heavy (non-hydrogen) atoms. The molecule has 1 saturated heterocycles. The second-order valence-corrected chi connectivity index (χ2v) is 11.5. The van der Waals surface area contributed by atoms with Gasteiger partial charge in [0.2, 0.25) is 9.84 Å². The highest BCUT2D eigenvalue weighted by Gasteiger charge is 2.40. The molecule has 0 aliphatic carbocycles. The number of nitrogens with one attached hydrogen (secondary N) is 1. The highest BCUT2D eigenvalue weighted by atomic mass is 32.2. The van der Waals surface area contributed by atoms with Gasteiger partial charge in [-0.25, -0.2) is 18.4 Å². The predicted molar refractivity (Wildman–Crippen MR) is 134 cm³/mol. The zero-order valence-electron chi connectivity index (χ0n) is 20.8. The van der Waals surface area contributed by atoms with E-state index in [0.717, 1.165) is 18.6 Å². The van der Waals surface area contributed by atoms with Crippen molar-refractivity contribution in [2.45, 2.75) is 49.0 Å². The summed E-state index contributed by atoms with van der Waals surface area (Å²) in [6, 6.07) is 10.3. The highest BCUT2D eigenvalue weighted by Crippen LogP contribution is 2.39. The van der Waals surface area contributed by atoms with Gasteiger partial charge in [-0.05, 0) is 56.5 Å². The van der Waals surface area contributed by atoms with Crippen molar-refractivity contribution in [3.05, 3.63) is 60.3 Å². The van der Waals surface area contributed by atoms with Crippen LogP contribution in [0.15, 0.2) is 64.6 Å². The molecular formula is C25H26F3N5O4S. The lowest BCUT2D eigenvalue weighted by Crippen LogP contribution is -2.40. The number of nitrogens with zero attached hydrogens (tertiary/aromatic N) is 3. The van der Waals surface area contributed by atoms with E-state index in [1.807, 2.05) is 18.7 Å². The van der Waals surface area contributed by atoms with Crippen molar-refractivity contribution in [2.24, 2.45) is 11.7 Å². The molecule has 1 atom stereocenters. The van der Waals surface area contributed by atoms with E-state index in [-0.39, 0.29) is 44.3 Å². The first kappa shape index (κ1) is 27.2. The van der Waals surface area contributed by atoms with Crippen LogP contribution in [0.1, 0.15) is 37.6 Å². The first-order valence-corrected chi connectivity index (χ1v) is 13.1. The summed E-state index contributed by atoms with van der Waals surface area (Å²) in [5, 5.41) is 2.38. The number of primary amides is 1. The summed E-state index contributed by atoms with van der Waals surface area (Å²) >= 11 is 0. The third kappa shape index (κ3) is 5.67. The van der Waals surface area contributed by atoms with Crippen molar-refractivity contribution < 1.29 is 31.1 Å². The van der Waals surface area contributed by atoms with Gasteiger partial charge in [0.15, 0.2) is 5.03 Å². The number of sulfone groups is 1. The van der Waals surface area contributed by atoms with Crippen LogP contribution in [-0.4, -0.2) is 42.7 Å². The number of hydrogen-bond acceptors (Lipinski definition) is 8. The fourth-order valence-electron chi connectivity index (χ4n) is 4.72.